The molecule has 1 saturated heterocycles. The number of hydrogen-bond acceptors (Lipinski definition) is 4. The van der Waals surface area contributed by atoms with Gasteiger partial charge in [0.05, 0.1) is 22.3 Å². The number of para-hydroxylation sites is 2. The fourth-order valence-electron chi connectivity index (χ4n) is 4.74. The number of aromatic nitrogens is 3. The molecule has 0 radical (unpaired) electrons. The van der Waals surface area contributed by atoms with Gasteiger partial charge < -0.3 is 9.47 Å². The number of hydrogen-bond donors (Lipinski definition) is 0. The van der Waals surface area contributed by atoms with Gasteiger partial charge in [0.25, 0.3) is 5.56 Å². The molecule has 6 nitrogen and oxygen atoms in total. The van der Waals surface area contributed by atoms with Crippen LogP contribution in [0.25, 0.3) is 38.4 Å². The van der Waals surface area contributed by atoms with Crippen LogP contribution in [0.4, 0.5) is 0 Å². The molecule has 0 N–H and O–H groups in total. The third kappa shape index (κ3) is 3.30. The number of aryl methyl sites for hydroxylation is 1. The molecule has 0 spiro atoms. The van der Waals surface area contributed by atoms with Gasteiger partial charge in [0.1, 0.15) is 0 Å². The van der Waals surface area contributed by atoms with E-state index in [0.29, 0.717) is 16.1 Å². The first-order chi connectivity index (χ1) is 16.7. The normalized spacial score (nSPS) is 13.6. The zero-order valence-electron chi connectivity index (χ0n) is 18.9. The van der Waals surface area contributed by atoms with E-state index in [1.807, 2.05) is 41.3 Å². The minimum absolute atomic E-state index is 0.0895. The molecular weight excluding hydrogens is 444 g/mol. The zero-order chi connectivity index (χ0) is 23.2. The molecule has 1 aliphatic heterocycles. The van der Waals surface area contributed by atoms with Gasteiger partial charge in [-0.1, -0.05) is 42.1 Å². The average Bonchev–Trinajstić information content (AvgIpc) is 3.14. The summed E-state index contributed by atoms with van der Waals surface area (Å²) in [5, 5.41) is 3.36. The lowest BCUT2D eigenvalue weighted by Crippen LogP contribution is -2.43. The second-order valence-corrected chi connectivity index (χ2v) is 9.48. The highest BCUT2D eigenvalue weighted by Gasteiger charge is 2.22. The van der Waals surface area contributed by atoms with Crippen LogP contribution in [0.1, 0.15) is 13.3 Å². The molecule has 2 aromatic heterocycles. The molecule has 0 saturated carbocycles. The molecule has 1 amide bonds. The second kappa shape index (κ2) is 8.33. The highest BCUT2D eigenvalue weighted by molar-refractivity contribution is 7.99. The maximum Gasteiger partial charge on any atom is 0.266 e. The van der Waals surface area contributed by atoms with E-state index in [1.54, 1.807) is 4.57 Å². The molecule has 0 bridgehead atoms. The third-order valence-corrected chi connectivity index (χ3v) is 7.53. The molecule has 1 fully saturated rings. The van der Waals surface area contributed by atoms with Crippen molar-refractivity contribution in [2.75, 3.05) is 18.8 Å². The van der Waals surface area contributed by atoms with Crippen molar-refractivity contribution >= 4 is 50.4 Å². The van der Waals surface area contributed by atoms with E-state index < -0.39 is 0 Å². The molecule has 0 unspecified atom stereocenters. The first kappa shape index (κ1) is 21.0. The predicted molar refractivity (Wildman–Crippen MR) is 138 cm³/mol. The number of likely N-dealkylation sites (tertiary alicyclic amines) is 1. The van der Waals surface area contributed by atoms with Crippen molar-refractivity contribution in [3.63, 3.8) is 0 Å². The summed E-state index contributed by atoms with van der Waals surface area (Å²) < 4.78 is 3.95. The Morgan fingerprint density at radius 3 is 2.44 bits per heavy atom. The van der Waals surface area contributed by atoms with Crippen molar-refractivity contribution in [2.24, 2.45) is 0 Å². The summed E-state index contributed by atoms with van der Waals surface area (Å²) in [6, 6.07) is 21.9. The van der Waals surface area contributed by atoms with Crippen LogP contribution in [0.2, 0.25) is 0 Å². The van der Waals surface area contributed by atoms with Crippen molar-refractivity contribution in [1.29, 1.82) is 0 Å². The largest absolute Gasteiger partial charge is 0.342 e. The van der Waals surface area contributed by atoms with E-state index in [1.165, 1.54) is 17.3 Å². The Hall–Kier alpha value is -3.58. The van der Waals surface area contributed by atoms with Gasteiger partial charge in [-0.05, 0) is 49.7 Å². The van der Waals surface area contributed by atoms with Crippen molar-refractivity contribution in [2.45, 2.75) is 25.0 Å². The molecule has 7 heteroatoms. The van der Waals surface area contributed by atoms with Gasteiger partial charge >= 0.3 is 0 Å². The quantitative estimate of drug-likeness (QED) is 0.274. The molecule has 0 atom stereocenters. The fourth-order valence-corrected chi connectivity index (χ4v) is 5.66. The number of nitrogens with zero attached hydrogens (tertiary/aromatic N) is 4. The van der Waals surface area contributed by atoms with Gasteiger partial charge in [0, 0.05) is 41.4 Å². The van der Waals surface area contributed by atoms with Gasteiger partial charge in [0.15, 0.2) is 5.16 Å². The Morgan fingerprint density at radius 1 is 0.941 bits per heavy atom. The Bertz CT molecular complexity index is 1630. The topological polar surface area (TPSA) is 60.1 Å². The summed E-state index contributed by atoms with van der Waals surface area (Å²) in [5.74, 6) is 0.356. The van der Waals surface area contributed by atoms with Gasteiger partial charge in [0.2, 0.25) is 5.91 Å². The number of carbonyl (C=O) groups is 1. The van der Waals surface area contributed by atoms with Crippen LogP contribution in [-0.4, -0.2) is 43.8 Å². The van der Waals surface area contributed by atoms with Crippen LogP contribution in [0.3, 0.4) is 0 Å². The van der Waals surface area contributed by atoms with Crippen LogP contribution in [-0.2, 0) is 11.3 Å². The molecule has 3 aromatic carbocycles. The zero-order valence-corrected chi connectivity index (χ0v) is 19.7. The number of carbonyl (C=O) groups excluding carboxylic acids is 1. The minimum Gasteiger partial charge on any atom is -0.342 e. The lowest BCUT2D eigenvalue weighted by molar-refractivity contribution is -0.131. The third-order valence-electron chi connectivity index (χ3n) is 6.61. The van der Waals surface area contributed by atoms with Crippen LogP contribution in [0.5, 0.6) is 0 Å². The highest BCUT2D eigenvalue weighted by Crippen LogP contribution is 2.31. The smallest absolute Gasteiger partial charge is 0.266 e. The van der Waals surface area contributed by atoms with E-state index in [0.717, 1.165) is 48.0 Å². The lowest BCUT2D eigenvalue weighted by atomic mass is 10.1. The fraction of sp³-hybridized carbons (Fsp3) is 0.222. The number of rotatable bonds is 5. The van der Waals surface area contributed by atoms with Crippen LogP contribution < -0.4 is 5.56 Å². The molecule has 3 heterocycles. The lowest BCUT2D eigenvalue weighted by Gasteiger charge is -2.30. The molecule has 1 aliphatic rings. The Balaban J connectivity index is 1.54. The van der Waals surface area contributed by atoms with E-state index in [2.05, 4.69) is 41.8 Å². The molecule has 170 valence electrons. The molecule has 5 aromatic rings. The van der Waals surface area contributed by atoms with E-state index in [4.69, 9.17) is 4.98 Å². The second-order valence-electron chi connectivity index (χ2n) is 8.54. The molecule has 0 aliphatic carbocycles. The molecule has 6 rings (SSSR count). The number of amides is 1. The molecular formula is C27H24N4O2S. The summed E-state index contributed by atoms with van der Waals surface area (Å²) >= 11 is 1.33. The molecule has 34 heavy (non-hydrogen) atoms. The number of fused-ring (bicyclic) bond motifs is 4. The van der Waals surface area contributed by atoms with Gasteiger partial charge in [-0.2, -0.15) is 0 Å². The first-order valence-corrected chi connectivity index (χ1v) is 12.6. The van der Waals surface area contributed by atoms with Crippen LogP contribution in [0, 0.1) is 0 Å². The summed E-state index contributed by atoms with van der Waals surface area (Å²) in [5.41, 5.74) is 3.59. The van der Waals surface area contributed by atoms with Crippen molar-refractivity contribution in [3.05, 3.63) is 77.1 Å². The summed E-state index contributed by atoms with van der Waals surface area (Å²) in [6.45, 7) is 4.63. The van der Waals surface area contributed by atoms with Crippen LogP contribution in [0.15, 0.2) is 76.7 Å². The Morgan fingerprint density at radius 2 is 1.68 bits per heavy atom. The van der Waals surface area contributed by atoms with Gasteiger partial charge in [-0.25, -0.2) is 4.98 Å². The SMILES string of the molecule is CCn1c2ccccc2c2cc(-n3c(SCC(=O)N4CCC4)nc4ccccc4c3=O)ccc21. The minimum atomic E-state index is -0.122. The summed E-state index contributed by atoms with van der Waals surface area (Å²) in [7, 11) is 0. The van der Waals surface area contributed by atoms with Crippen molar-refractivity contribution in [1.82, 2.24) is 19.0 Å². The standard InChI is InChI=1S/C27H24N4O2S/c1-2-30-23-11-6-4-8-19(23)21-16-18(12-13-24(21)30)31-26(33)20-9-3-5-10-22(20)28-27(31)34-17-25(32)29-14-7-15-29/h3-6,8-13,16H,2,7,14-15,17H2,1H3. The monoisotopic (exact) mass is 468 g/mol. The van der Waals surface area contributed by atoms with E-state index in [-0.39, 0.29) is 17.2 Å². The highest BCUT2D eigenvalue weighted by atomic mass is 32.2. The predicted octanol–water partition coefficient (Wildman–Crippen LogP) is 4.84. The van der Waals surface area contributed by atoms with Gasteiger partial charge in [-0.3, -0.25) is 14.2 Å². The maximum atomic E-state index is 13.7. The summed E-state index contributed by atoms with van der Waals surface area (Å²) in [4.78, 5) is 32.9. The van der Waals surface area contributed by atoms with E-state index in [9.17, 15) is 9.59 Å². The Labute approximate surface area is 200 Å². The van der Waals surface area contributed by atoms with E-state index >= 15 is 0 Å². The average molecular weight is 469 g/mol. The summed E-state index contributed by atoms with van der Waals surface area (Å²) in [6.07, 6.45) is 1.06. The van der Waals surface area contributed by atoms with Crippen LogP contribution >= 0.6 is 11.8 Å². The van der Waals surface area contributed by atoms with Crippen molar-refractivity contribution < 1.29 is 4.79 Å². The Kier molecular flexibility index (Phi) is 5.14. The number of thioether (sulfide) groups is 1. The first-order valence-electron chi connectivity index (χ1n) is 11.6. The van der Waals surface area contributed by atoms with Crippen molar-refractivity contribution in [3.8, 4) is 5.69 Å². The van der Waals surface area contributed by atoms with Gasteiger partial charge in [-0.15, -0.1) is 0 Å². The number of benzene rings is 3. The maximum absolute atomic E-state index is 13.7.